The lowest BCUT2D eigenvalue weighted by atomic mass is 10.0. The Morgan fingerprint density at radius 2 is 1.55 bits per heavy atom. The number of amides is 2. The number of carbonyl (C=O) groups excluding carboxylic acids is 2. The molecule has 5 rings (SSSR count). The van der Waals surface area contributed by atoms with Crippen molar-refractivity contribution in [2.24, 2.45) is 0 Å². The third-order valence-electron chi connectivity index (χ3n) is 6.88. The molecule has 0 bridgehead atoms. The molecule has 4 aromatic rings. The largest absolute Gasteiger partial charge is 0.337 e. The fraction of sp³-hybridized carbons (Fsp3) is 0.161. The molecule has 0 unspecified atom stereocenters. The topological polar surface area (TPSA) is 74.8 Å². The van der Waals surface area contributed by atoms with Gasteiger partial charge in [-0.15, -0.1) is 0 Å². The van der Waals surface area contributed by atoms with Crippen LogP contribution >= 0.6 is 0 Å². The molecule has 0 saturated heterocycles. The summed E-state index contributed by atoms with van der Waals surface area (Å²) in [5, 5.41) is 0. The van der Waals surface area contributed by atoms with Crippen LogP contribution in [0.4, 0.5) is 5.69 Å². The molecule has 1 heterocycles. The summed E-state index contributed by atoms with van der Waals surface area (Å²) in [6.45, 7) is 4.49. The molecular formula is C31H28N2O4S. The molecule has 0 aliphatic carbocycles. The lowest BCUT2D eigenvalue weighted by Gasteiger charge is -2.25. The first-order chi connectivity index (χ1) is 18.2. The van der Waals surface area contributed by atoms with Gasteiger partial charge in [-0.25, -0.2) is 8.42 Å². The van der Waals surface area contributed by atoms with Gasteiger partial charge in [0.05, 0.1) is 27.6 Å². The highest BCUT2D eigenvalue weighted by atomic mass is 32.2. The summed E-state index contributed by atoms with van der Waals surface area (Å²) < 4.78 is 27.5. The standard InChI is InChI=1S/C31H28N2O4S/c1-21-13-14-22(2)25(17-21)20-33-27-18-24(30(34)32(3)19-23-9-5-4-6-10-23)15-16-29(27)38(36,37)28-12-8-7-11-26(28)31(33)35/h4-18H,19-20H2,1-3H3. The summed E-state index contributed by atoms with van der Waals surface area (Å²) in [5.41, 5.74) is 4.52. The Bertz CT molecular complexity index is 1660. The summed E-state index contributed by atoms with van der Waals surface area (Å²) in [6, 6.07) is 26.4. The summed E-state index contributed by atoms with van der Waals surface area (Å²) in [6.07, 6.45) is 0. The second kappa shape index (κ2) is 9.91. The van der Waals surface area contributed by atoms with E-state index in [1.54, 1.807) is 24.1 Å². The number of sulfone groups is 1. The molecule has 2 amide bonds. The highest BCUT2D eigenvalue weighted by molar-refractivity contribution is 7.91. The normalized spacial score (nSPS) is 13.9. The van der Waals surface area contributed by atoms with E-state index in [2.05, 4.69) is 0 Å². The summed E-state index contributed by atoms with van der Waals surface area (Å²) >= 11 is 0. The SMILES string of the molecule is Cc1ccc(C)c(CN2C(=O)c3ccccc3S(=O)(=O)c3ccc(C(=O)N(C)Cc4ccccc4)cc32)c1. The maximum atomic E-state index is 13.9. The van der Waals surface area contributed by atoms with Crippen molar-refractivity contribution in [3.8, 4) is 0 Å². The highest BCUT2D eigenvalue weighted by Gasteiger charge is 2.36. The molecule has 6 nitrogen and oxygen atoms in total. The Balaban J connectivity index is 1.63. The van der Waals surface area contributed by atoms with Gasteiger partial charge in [-0.1, -0.05) is 66.2 Å². The molecule has 0 saturated carbocycles. The highest BCUT2D eigenvalue weighted by Crippen LogP contribution is 2.38. The van der Waals surface area contributed by atoms with E-state index in [0.717, 1.165) is 22.3 Å². The van der Waals surface area contributed by atoms with Crippen molar-refractivity contribution >= 4 is 27.3 Å². The minimum absolute atomic E-state index is 0.00312. The fourth-order valence-electron chi connectivity index (χ4n) is 4.79. The fourth-order valence-corrected chi connectivity index (χ4v) is 6.42. The van der Waals surface area contributed by atoms with Crippen LogP contribution in [0.5, 0.6) is 0 Å². The Hall–Kier alpha value is -4.23. The predicted molar refractivity (Wildman–Crippen MR) is 147 cm³/mol. The molecule has 0 aromatic heterocycles. The van der Waals surface area contributed by atoms with Crippen molar-refractivity contribution in [2.45, 2.75) is 36.7 Å². The number of anilines is 1. The Labute approximate surface area is 223 Å². The van der Waals surface area contributed by atoms with E-state index in [4.69, 9.17) is 0 Å². The zero-order valence-electron chi connectivity index (χ0n) is 21.5. The lowest BCUT2D eigenvalue weighted by molar-refractivity contribution is 0.0784. The second-order valence-corrected chi connectivity index (χ2v) is 11.5. The predicted octanol–water partition coefficient (Wildman–Crippen LogP) is 5.57. The average Bonchev–Trinajstić information content (AvgIpc) is 2.98. The van der Waals surface area contributed by atoms with Crippen LogP contribution in [0.3, 0.4) is 0 Å². The van der Waals surface area contributed by atoms with Gasteiger partial charge >= 0.3 is 0 Å². The summed E-state index contributed by atoms with van der Waals surface area (Å²) in [7, 11) is -2.31. The molecule has 1 aliphatic heterocycles. The minimum Gasteiger partial charge on any atom is -0.337 e. The van der Waals surface area contributed by atoms with Crippen molar-refractivity contribution in [2.75, 3.05) is 11.9 Å². The molecule has 7 heteroatoms. The number of carbonyl (C=O) groups is 2. The van der Waals surface area contributed by atoms with E-state index < -0.39 is 15.7 Å². The number of hydrogen-bond donors (Lipinski definition) is 0. The molecule has 192 valence electrons. The maximum Gasteiger partial charge on any atom is 0.259 e. The van der Waals surface area contributed by atoms with Crippen LogP contribution < -0.4 is 4.90 Å². The van der Waals surface area contributed by atoms with Crippen LogP contribution in [0.15, 0.2) is 101 Å². The quantitative estimate of drug-likeness (QED) is 0.342. The number of benzene rings is 4. The first-order valence-corrected chi connectivity index (χ1v) is 13.8. The monoisotopic (exact) mass is 524 g/mol. The molecule has 0 atom stereocenters. The van der Waals surface area contributed by atoms with Gasteiger partial charge < -0.3 is 9.80 Å². The van der Waals surface area contributed by atoms with Gasteiger partial charge in [0, 0.05) is 19.2 Å². The van der Waals surface area contributed by atoms with E-state index >= 15 is 0 Å². The second-order valence-electron chi connectivity index (χ2n) is 9.65. The number of fused-ring (bicyclic) bond motifs is 2. The average molecular weight is 525 g/mol. The van der Waals surface area contributed by atoms with Crippen LogP contribution in [0.1, 0.15) is 43.0 Å². The Morgan fingerprint density at radius 3 is 2.32 bits per heavy atom. The molecule has 4 aromatic carbocycles. The smallest absolute Gasteiger partial charge is 0.259 e. The number of hydrogen-bond acceptors (Lipinski definition) is 4. The molecule has 0 radical (unpaired) electrons. The summed E-state index contributed by atoms with van der Waals surface area (Å²) in [5.74, 6) is -0.694. The van der Waals surface area contributed by atoms with E-state index in [9.17, 15) is 18.0 Å². The van der Waals surface area contributed by atoms with Gasteiger partial charge in [0.15, 0.2) is 0 Å². The van der Waals surface area contributed by atoms with Gasteiger partial charge in [-0.05, 0) is 60.9 Å². The van der Waals surface area contributed by atoms with E-state index in [1.807, 2.05) is 62.4 Å². The molecular weight excluding hydrogens is 496 g/mol. The van der Waals surface area contributed by atoms with Crippen LogP contribution in [-0.4, -0.2) is 32.2 Å². The van der Waals surface area contributed by atoms with Crippen molar-refractivity contribution in [1.29, 1.82) is 0 Å². The first kappa shape index (κ1) is 25.4. The molecule has 0 N–H and O–H groups in total. The third-order valence-corrected chi connectivity index (χ3v) is 8.74. The van der Waals surface area contributed by atoms with Crippen LogP contribution in [0.25, 0.3) is 0 Å². The van der Waals surface area contributed by atoms with Crippen LogP contribution in [-0.2, 0) is 22.9 Å². The van der Waals surface area contributed by atoms with Gasteiger partial charge in [0.25, 0.3) is 11.8 Å². The number of aryl methyl sites for hydroxylation is 2. The van der Waals surface area contributed by atoms with Gasteiger partial charge in [-0.3, -0.25) is 9.59 Å². The van der Waals surface area contributed by atoms with Crippen LogP contribution in [0.2, 0.25) is 0 Å². The van der Waals surface area contributed by atoms with Gasteiger partial charge in [0.2, 0.25) is 9.84 Å². The Kier molecular flexibility index (Phi) is 6.63. The molecule has 1 aliphatic rings. The van der Waals surface area contributed by atoms with Crippen molar-refractivity contribution in [3.05, 3.63) is 124 Å². The van der Waals surface area contributed by atoms with Gasteiger partial charge in [-0.2, -0.15) is 0 Å². The molecule has 38 heavy (non-hydrogen) atoms. The molecule has 0 fully saturated rings. The lowest BCUT2D eigenvalue weighted by Crippen LogP contribution is -2.31. The first-order valence-electron chi connectivity index (χ1n) is 12.3. The zero-order chi connectivity index (χ0) is 27.0. The van der Waals surface area contributed by atoms with Crippen molar-refractivity contribution < 1.29 is 18.0 Å². The molecule has 0 spiro atoms. The minimum atomic E-state index is -4.01. The van der Waals surface area contributed by atoms with Crippen molar-refractivity contribution in [3.63, 3.8) is 0 Å². The van der Waals surface area contributed by atoms with E-state index in [-0.39, 0.29) is 33.5 Å². The number of nitrogens with zero attached hydrogens (tertiary/aromatic N) is 2. The van der Waals surface area contributed by atoms with Gasteiger partial charge in [0.1, 0.15) is 0 Å². The van der Waals surface area contributed by atoms with Crippen LogP contribution in [0, 0.1) is 13.8 Å². The third kappa shape index (κ3) is 4.61. The maximum absolute atomic E-state index is 13.9. The van der Waals surface area contributed by atoms with E-state index in [0.29, 0.717) is 12.1 Å². The van der Waals surface area contributed by atoms with Crippen molar-refractivity contribution in [1.82, 2.24) is 4.90 Å². The zero-order valence-corrected chi connectivity index (χ0v) is 22.3. The summed E-state index contributed by atoms with van der Waals surface area (Å²) in [4.78, 5) is 30.4. The Morgan fingerprint density at radius 1 is 0.842 bits per heavy atom. The number of rotatable bonds is 5. The van der Waals surface area contributed by atoms with E-state index in [1.165, 1.54) is 35.2 Å².